The first-order valence-corrected chi connectivity index (χ1v) is 7.83. The van der Waals surface area contributed by atoms with E-state index in [-0.39, 0.29) is 5.75 Å². The zero-order valence-electron chi connectivity index (χ0n) is 9.75. The Balaban J connectivity index is 1.88. The molecule has 0 saturated heterocycles. The van der Waals surface area contributed by atoms with Crippen LogP contribution in [0.5, 0.6) is 5.75 Å². The zero-order valence-corrected chi connectivity index (χ0v) is 12.7. The van der Waals surface area contributed by atoms with Crippen molar-refractivity contribution in [3.8, 4) is 16.3 Å². The number of phenolic OH excluding ortho intramolecular Hbond substituents is 1. The maximum Gasteiger partial charge on any atom is 0.234 e. The van der Waals surface area contributed by atoms with Gasteiger partial charge in [-0.15, -0.1) is 10.2 Å². The molecule has 2 aromatic heterocycles. The van der Waals surface area contributed by atoms with Crippen molar-refractivity contribution in [3.05, 3.63) is 27.6 Å². The number of halogens is 1. The van der Waals surface area contributed by atoms with Crippen LogP contribution in [0.4, 0.5) is 0 Å². The minimum Gasteiger partial charge on any atom is -0.507 e. The van der Waals surface area contributed by atoms with Crippen LogP contribution in [0.15, 0.2) is 18.2 Å². The molecule has 0 unspecified atom stereocenters. The number of phenols is 1. The number of benzene rings is 1. The van der Waals surface area contributed by atoms with Gasteiger partial charge in [0.1, 0.15) is 5.75 Å². The van der Waals surface area contributed by atoms with Crippen LogP contribution in [0.25, 0.3) is 15.5 Å². The normalized spacial score (nSPS) is 15.2. The first-order valence-electron chi connectivity index (χ1n) is 5.93. The van der Waals surface area contributed by atoms with E-state index in [1.807, 2.05) is 16.6 Å². The van der Waals surface area contributed by atoms with Crippen molar-refractivity contribution in [3.63, 3.8) is 0 Å². The monoisotopic (exact) mass is 384 g/mol. The summed E-state index contributed by atoms with van der Waals surface area (Å²) in [6, 6.07) is 5.50. The van der Waals surface area contributed by atoms with Gasteiger partial charge in [0.05, 0.1) is 5.56 Å². The molecule has 1 fully saturated rings. The van der Waals surface area contributed by atoms with Crippen LogP contribution in [0.3, 0.4) is 0 Å². The van der Waals surface area contributed by atoms with Gasteiger partial charge < -0.3 is 5.11 Å². The van der Waals surface area contributed by atoms with E-state index in [4.69, 9.17) is 0 Å². The van der Waals surface area contributed by atoms with Crippen LogP contribution in [-0.4, -0.2) is 24.9 Å². The van der Waals surface area contributed by atoms with Gasteiger partial charge in [0.2, 0.25) is 4.96 Å². The molecule has 0 radical (unpaired) electrons. The van der Waals surface area contributed by atoms with Gasteiger partial charge in [0.15, 0.2) is 10.8 Å². The van der Waals surface area contributed by atoms with Crippen molar-refractivity contribution < 1.29 is 5.11 Å². The number of hydrogen-bond acceptors (Lipinski definition) is 5. The van der Waals surface area contributed by atoms with E-state index in [1.165, 1.54) is 24.2 Å². The standard InChI is InChI=1S/C12H9IN4OS/c13-7-3-4-9(18)8(5-7)11-16-17-10(6-1-2-6)14-15-12(17)19-11/h3-6,18H,1-2H2. The molecule has 1 saturated carbocycles. The fraction of sp³-hybridized carbons (Fsp3) is 0.250. The van der Waals surface area contributed by atoms with Gasteiger partial charge in [-0.05, 0) is 53.6 Å². The molecule has 7 heteroatoms. The zero-order chi connectivity index (χ0) is 13.0. The van der Waals surface area contributed by atoms with Gasteiger partial charge in [-0.25, -0.2) is 0 Å². The average molecular weight is 384 g/mol. The molecule has 0 aliphatic heterocycles. The van der Waals surface area contributed by atoms with E-state index in [9.17, 15) is 5.11 Å². The van der Waals surface area contributed by atoms with E-state index < -0.39 is 0 Å². The molecule has 5 nitrogen and oxygen atoms in total. The average Bonchev–Trinajstić information content (AvgIpc) is 3.01. The third kappa shape index (κ3) is 1.91. The van der Waals surface area contributed by atoms with Gasteiger partial charge in [-0.3, -0.25) is 0 Å². The molecule has 2 heterocycles. The summed E-state index contributed by atoms with van der Waals surface area (Å²) < 4.78 is 2.88. The molecule has 1 aromatic carbocycles. The first-order chi connectivity index (χ1) is 9.22. The van der Waals surface area contributed by atoms with E-state index in [0.29, 0.717) is 5.92 Å². The molecular weight excluding hydrogens is 375 g/mol. The van der Waals surface area contributed by atoms with Crippen molar-refractivity contribution in [1.82, 2.24) is 19.8 Å². The maximum absolute atomic E-state index is 9.96. The fourth-order valence-corrected chi connectivity index (χ4v) is 3.38. The summed E-state index contributed by atoms with van der Waals surface area (Å²) in [5.74, 6) is 1.70. The molecular formula is C12H9IN4OS. The highest BCUT2D eigenvalue weighted by atomic mass is 127. The van der Waals surface area contributed by atoms with Gasteiger partial charge >= 0.3 is 0 Å². The molecule has 0 spiro atoms. The third-order valence-corrected chi connectivity index (χ3v) is 4.75. The highest BCUT2D eigenvalue weighted by molar-refractivity contribution is 14.1. The Morgan fingerprint density at radius 2 is 2.16 bits per heavy atom. The molecule has 96 valence electrons. The van der Waals surface area contributed by atoms with Crippen molar-refractivity contribution in [2.45, 2.75) is 18.8 Å². The van der Waals surface area contributed by atoms with Crippen molar-refractivity contribution in [2.24, 2.45) is 0 Å². The van der Waals surface area contributed by atoms with Crippen molar-refractivity contribution in [2.75, 3.05) is 0 Å². The minimum absolute atomic E-state index is 0.248. The van der Waals surface area contributed by atoms with E-state index >= 15 is 0 Å². The quantitative estimate of drug-likeness (QED) is 0.690. The molecule has 1 aliphatic carbocycles. The Morgan fingerprint density at radius 1 is 1.32 bits per heavy atom. The van der Waals surface area contributed by atoms with Gasteiger partial charge in [0.25, 0.3) is 0 Å². The van der Waals surface area contributed by atoms with Crippen LogP contribution in [0.1, 0.15) is 24.6 Å². The Hall–Kier alpha value is -1.22. The summed E-state index contributed by atoms with van der Waals surface area (Å²) in [5, 5.41) is 23.6. The molecule has 0 amide bonds. The Kier molecular flexibility index (Phi) is 2.52. The largest absolute Gasteiger partial charge is 0.507 e. The SMILES string of the molecule is Oc1ccc(I)cc1-c1nn2c(C3CC3)nnc2s1. The van der Waals surface area contributed by atoms with E-state index in [0.717, 1.165) is 24.9 Å². The van der Waals surface area contributed by atoms with Crippen LogP contribution in [0.2, 0.25) is 0 Å². The lowest BCUT2D eigenvalue weighted by Gasteiger charge is -2.00. The molecule has 4 rings (SSSR count). The molecule has 0 bridgehead atoms. The van der Waals surface area contributed by atoms with Crippen LogP contribution in [-0.2, 0) is 0 Å². The Morgan fingerprint density at radius 3 is 2.95 bits per heavy atom. The summed E-state index contributed by atoms with van der Waals surface area (Å²) in [4.78, 5) is 0.787. The molecule has 3 aromatic rings. The number of rotatable bonds is 2. The fourth-order valence-electron chi connectivity index (χ4n) is 2.02. The number of aromatic hydroxyl groups is 1. The predicted octanol–water partition coefficient (Wildman–Crippen LogP) is 3.04. The molecule has 19 heavy (non-hydrogen) atoms. The van der Waals surface area contributed by atoms with Crippen LogP contribution in [0, 0.1) is 3.57 Å². The predicted molar refractivity (Wildman–Crippen MR) is 80.5 cm³/mol. The van der Waals surface area contributed by atoms with E-state index in [2.05, 4.69) is 37.9 Å². The highest BCUT2D eigenvalue weighted by Crippen LogP contribution is 2.40. The lowest BCUT2D eigenvalue weighted by molar-refractivity contribution is 0.477. The van der Waals surface area contributed by atoms with Gasteiger partial charge in [-0.2, -0.15) is 9.61 Å². The molecule has 1 N–H and O–H groups in total. The topological polar surface area (TPSA) is 63.3 Å². The second kappa shape index (κ2) is 4.14. The first kappa shape index (κ1) is 11.6. The van der Waals surface area contributed by atoms with Crippen molar-refractivity contribution in [1.29, 1.82) is 0 Å². The smallest absolute Gasteiger partial charge is 0.234 e. The lowest BCUT2D eigenvalue weighted by Crippen LogP contribution is -1.93. The Labute approximate surface area is 126 Å². The van der Waals surface area contributed by atoms with Gasteiger partial charge in [-0.1, -0.05) is 11.3 Å². The Bertz CT molecular complexity index is 777. The van der Waals surface area contributed by atoms with E-state index in [1.54, 1.807) is 6.07 Å². The summed E-state index contributed by atoms with van der Waals surface area (Å²) in [7, 11) is 0. The van der Waals surface area contributed by atoms with Crippen LogP contribution < -0.4 is 0 Å². The second-order valence-corrected chi connectivity index (χ2v) is 6.80. The summed E-state index contributed by atoms with van der Waals surface area (Å²) in [6.45, 7) is 0. The molecule has 1 aliphatic rings. The summed E-state index contributed by atoms with van der Waals surface area (Å²) >= 11 is 3.68. The summed E-state index contributed by atoms with van der Waals surface area (Å²) in [5.41, 5.74) is 0.754. The molecule has 0 atom stereocenters. The minimum atomic E-state index is 0.248. The maximum atomic E-state index is 9.96. The number of aromatic nitrogens is 4. The number of fused-ring (bicyclic) bond motifs is 1. The highest BCUT2D eigenvalue weighted by Gasteiger charge is 2.30. The number of nitrogens with zero attached hydrogens (tertiary/aromatic N) is 4. The third-order valence-electron chi connectivity index (χ3n) is 3.15. The lowest BCUT2D eigenvalue weighted by atomic mass is 10.2. The second-order valence-electron chi connectivity index (χ2n) is 4.60. The summed E-state index contributed by atoms with van der Waals surface area (Å²) in [6.07, 6.45) is 2.34. The number of hydrogen-bond donors (Lipinski definition) is 1. The van der Waals surface area contributed by atoms with Gasteiger partial charge in [0, 0.05) is 9.49 Å². The van der Waals surface area contributed by atoms with Crippen molar-refractivity contribution >= 4 is 38.9 Å². The van der Waals surface area contributed by atoms with Crippen LogP contribution >= 0.6 is 33.9 Å².